The van der Waals surface area contributed by atoms with Crippen LogP contribution in [0.25, 0.3) is 16.6 Å². The Morgan fingerprint density at radius 2 is 1.76 bits per heavy atom. The van der Waals surface area contributed by atoms with Gasteiger partial charge in [0, 0.05) is 11.3 Å². The van der Waals surface area contributed by atoms with Crippen molar-refractivity contribution in [3.63, 3.8) is 0 Å². The average Bonchev–Trinajstić information content (AvgIpc) is 2.83. The Morgan fingerprint density at radius 3 is 2.53 bits per heavy atom. The molecule has 1 aromatic heterocycles. The van der Waals surface area contributed by atoms with Crippen molar-refractivity contribution in [3.05, 3.63) is 60.3 Å². The lowest BCUT2D eigenvalue weighted by Crippen LogP contribution is -1.95. The van der Waals surface area contributed by atoms with E-state index in [1.165, 1.54) is 0 Å². The highest BCUT2D eigenvalue weighted by atomic mass is 35.5. The van der Waals surface area contributed by atoms with Gasteiger partial charge in [-0.15, -0.1) is 11.6 Å². The van der Waals surface area contributed by atoms with Crippen molar-refractivity contribution in [2.45, 2.75) is 5.88 Å². The molecular weight excluding hydrogens is 232 g/mol. The van der Waals surface area contributed by atoms with Crippen LogP contribution in [0.2, 0.25) is 0 Å². The van der Waals surface area contributed by atoms with Gasteiger partial charge in [0.2, 0.25) is 0 Å². The van der Waals surface area contributed by atoms with Gasteiger partial charge in [-0.3, -0.25) is 0 Å². The molecule has 3 rings (SSSR count). The van der Waals surface area contributed by atoms with Crippen molar-refractivity contribution in [1.82, 2.24) is 9.78 Å². The van der Waals surface area contributed by atoms with Crippen LogP contribution in [0.3, 0.4) is 0 Å². The van der Waals surface area contributed by atoms with Gasteiger partial charge < -0.3 is 0 Å². The average molecular weight is 243 g/mol. The minimum atomic E-state index is 0.542. The Labute approximate surface area is 104 Å². The van der Waals surface area contributed by atoms with E-state index in [0.29, 0.717) is 5.88 Å². The summed E-state index contributed by atoms with van der Waals surface area (Å²) in [7, 11) is 0. The number of fused-ring (bicyclic) bond motifs is 1. The van der Waals surface area contributed by atoms with Crippen molar-refractivity contribution >= 4 is 22.5 Å². The number of para-hydroxylation sites is 1. The van der Waals surface area contributed by atoms with Gasteiger partial charge in [-0.05, 0) is 23.8 Å². The van der Waals surface area contributed by atoms with E-state index in [-0.39, 0.29) is 0 Å². The first-order chi connectivity index (χ1) is 8.38. The fourth-order valence-electron chi connectivity index (χ4n) is 1.90. The zero-order valence-electron chi connectivity index (χ0n) is 9.18. The highest BCUT2D eigenvalue weighted by molar-refractivity contribution is 6.17. The molecule has 0 amide bonds. The third-order valence-corrected chi connectivity index (χ3v) is 3.12. The number of hydrogen-bond acceptors (Lipinski definition) is 1. The summed E-state index contributed by atoms with van der Waals surface area (Å²) in [5.41, 5.74) is 3.29. The maximum absolute atomic E-state index is 5.78. The van der Waals surface area contributed by atoms with E-state index in [2.05, 4.69) is 17.2 Å². The molecule has 17 heavy (non-hydrogen) atoms. The molecule has 2 nitrogen and oxygen atoms in total. The standard InChI is InChI=1S/C14H11ClN2/c15-9-11-5-7-13(8-6-11)17-14-4-2-1-3-12(14)10-16-17/h1-8,10H,9H2. The van der Waals surface area contributed by atoms with Gasteiger partial charge in [0.25, 0.3) is 0 Å². The largest absolute Gasteiger partial charge is 0.233 e. The molecule has 0 aliphatic rings. The first-order valence-electron chi connectivity index (χ1n) is 5.46. The Bertz CT molecular complexity index is 641. The maximum Gasteiger partial charge on any atom is 0.0741 e. The van der Waals surface area contributed by atoms with Gasteiger partial charge in [0.15, 0.2) is 0 Å². The molecule has 0 saturated carbocycles. The molecule has 0 aliphatic carbocycles. The number of nitrogens with zero attached hydrogens (tertiary/aromatic N) is 2. The summed E-state index contributed by atoms with van der Waals surface area (Å²) in [5.74, 6) is 0.542. The number of rotatable bonds is 2. The second-order valence-corrected chi connectivity index (χ2v) is 4.18. The fourth-order valence-corrected chi connectivity index (χ4v) is 2.08. The molecule has 1 heterocycles. The minimum absolute atomic E-state index is 0.542. The molecule has 0 saturated heterocycles. The van der Waals surface area contributed by atoms with E-state index in [0.717, 1.165) is 22.2 Å². The number of alkyl halides is 1. The quantitative estimate of drug-likeness (QED) is 0.626. The summed E-state index contributed by atoms with van der Waals surface area (Å²) in [6.45, 7) is 0. The first kappa shape index (κ1) is 10.4. The molecule has 2 aromatic carbocycles. The third-order valence-electron chi connectivity index (χ3n) is 2.81. The third kappa shape index (κ3) is 1.81. The Hall–Kier alpha value is -1.80. The molecule has 3 aromatic rings. The smallest absolute Gasteiger partial charge is 0.0741 e. The predicted octanol–water partition coefficient (Wildman–Crippen LogP) is 3.76. The zero-order valence-corrected chi connectivity index (χ0v) is 9.93. The molecule has 3 heteroatoms. The predicted molar refractivity (Wildman–Crippen MR) is 70.6 cm³/mol. The molecule has 0 N–H and O–H groups in total. The summed E-state index contributed by atoms with van der Waals surface area (Å²) < 4.78 is 1.94. The summed E-state index contributed by atoms with van der Waals surface area (Å²) >= 11 is 5.78. The van der Waals surface area contributed by atoms with E-state index in [1.807, 2.05) is 47.3 Å². The summed E-state index contributed by atoms with van der Waals surface area (Å²) in [5, 5.41) is 5.55. The van der Waals surface area contributed by atoms with Gasteiger partial charge in [-0.25, -0.2) is 4.68 Å². The number of hydrogen-bond donors (Lipinski definition) is 0. The molecule has 0 atom stereocenters. The Balaban J connectivity index is 2.13. The normalized spacial score (nSPS) is 10.9. The van der Waals surface area contributed by atoms with Gasteiger partial charge in [-0.2, -0.15) is 5.10 Å². The molecule has 0 aliphatic heterocycles. The van der Waals surface area contributed by atoms with Gasteiger partial charge in [0.1, 0.15) is 0 Å². The van der Waals surface area contributed by atoms with Gasteiger partial charge in [-0.1, -0.05) is 30.3 Å². The SMILES string of the molecule is ClCc1ccc(-n2ncc3ccccc32)cc1. The van der Waals surface area contributed by atoms with Crippen LogP contribution in [0.1, 0.15) is 5.56 Å². The minimum Gasteiger partial charge on any atom is -0.233 e. The molecule has 84 valence electrons. The number of aromatic nitrogens is 2. The van der Waals surface area contributed by atoms with Crippen LogP contribution in [0.15, 0.2) is 54.7 Å². The number of halogens is 1. The summed E-state index contributed by atoms with van der Waals surface area (Å²) in [6, 6.07) is 16.3. The lowest BCUT2D eigenvalue weighted by atomic mass is 10.2. The van der Waals surface area contributed by atoms with E-state index >= 15 is 0 Å². The second kappa shape index (κ2) is 4.22. The highest BCUT2D eigenvalue weighted by Gasteiger charge is 2.03. The van der Waals surface area contributed by atoms with Crippen LogP contribution >= 0.6 is 11.6 Å². The van der Waals surface area contributed by atoms with Crippen LogP contribution in [0.4, 0.5) is 0 Å². The molecule has 0 bridgehead atoms. The summed E-state index contributed by atoms with van der Waals surface area (Å²) in [4.78, 5) is 0. The maximum atomic E-state index is 5.78. The Morgan fingerprint density at radius 1 is 1.00 bits per heavy atom. The highest BCUT2D eigenvalue weighted by Crippen LogP contribution is 2.18. The van der Waals surface area contributed by atoms with E-state index < -0.39 is 0 Å². The van der Waals surface area contributed by atoms with Gasteiger partial charge >= 0.3 is 0 Å². The van der Waals surface area contributed by atoms with E-state index in [4.69, 9.17) is 11.6 Å². The van der Waals surface area contributed by atoms with E-state index in [1.54, 1.807) is 0 Å². The first-order valence-corrected chi connectivity index (χ1v) is 6.00. The molecule has 0 spiro atoms. The molecular formula is C14H11ClN2. The van der Waals surface area contributed by atoms with Crippen molar-refractivity contribution < 1.29 is 0 Å². The van der Waals surface area contributed by atoms with Crippen LogP contribution in [0, 0.1) is 0 Å². The summed E-state index contributed by atoms with van der Waals surface area (Å²) in [6.07, 6.45) is 1.88. The van der Waals surface area contributed by atoms with Crippen LogP contribution in [-0.2, 0) is 5.88 Å². The topological polar surface area (TPSA) is 17.8 Å². The zero-order chi connectivity index (χ0) is 11.7. The van der Waals surface area contributed by atoms with Crippen molar-refractivity contribution in [1.29, 1.82) is 0 Å². The van der Waals surface area contributed by atoms with Crippen LogP contribution < -0.4 is 0 Å². The number of benzene rings is 2. The van der Waals surface area contributed by atoms with E-state index in [9.17, 15) is 0 Å². The lowest BCUT2D eigenvalue weighted by Gasteiger charge is -2.04. The lowest BCUT2D eigenvalue weighted by molar-refractivity contribution is 0.910. The van der Waals surface area contributed by atoms with Gasteiger partial charge in [0.05, 0.1) is 17.4 Å². The van der Waals surface area contributed by atoms with Crippen molar-refractivity contribution in [2.75, 3.05) is 0 Å². The molecule has 0 fully saturated rings. The molecule has 0 unspecified atom stereocenters. The monoisotopic (exact) mass is 242 g/mol. The van der Waals surface area contributed by atoms with Crippen molar-refractivity contribution in [3.8, 4) is 5.69 Å². The second-order valence-electron chi connectivity index (χ2n) is 3.92. The van der Waals surface area contributed by atoms with Crippen LogP contribution in [0.5, 0.6) is 0 Å². The van der Waals surface area contributed by atoms with Crippen molar-refractivity contribution in [2.24, 2.45) is 0 Å². The molecule has 0 radical (unpaired) electrons. The van der Waals surface area contributed by atoms with Crippen LogP contribution in [-0.4, -0.2) is 9.78 Å². The Kier molecular flexibility index (Phi) is 2.57. The fraction of sp³-hybridized carbons (Fsp3) is 0.0714.